The Balaban J connectivity index is 1.83. The van der Waals surface area contributed by atoms with Gasteiger partial charge in [-0.15, -0.1) is 0 Å². The molecule has 0 amide bonds. The minimum absolute atomic E-state index is 0.442. The van der Waals surface area contributed by atoms with E-state index in [-0.39, 0.29) is 0 Å². The zero-order valence-electron chi connectivity index (χ0n) is 11.3. The van der Waals surface area contributed by atoms with E-state index >= 15 is 0 Å². The first-order valence-electron chi connectivity index (χ1n) is 7.19. The molecule has 1 aromatic rings. The molecule has 0 aromatic carbocycles. The first-order valence-corrected chi connectivity index (χ1v) is 7.19. The maximum atomic E-state index is 5.99. The minimum Gasteiger partial charge on any atom is -0.385 e. The average molecular weight is 248 g/mol. The van der Waals surface area contributed by atoms with Gasteiger partial charge in [-0.2, -0.15) is 0 Å². The fourth-order valence-electron chi connectivity index (χ4n) is 2.48. The van der Waals surface area contributed by atoms with Gasteiger partial charge in [0.05, 0.1) is 18.4 Å². The van der Waals surface area contributed by atoms with Crippen LogP contribution >= 0.6 is 0 Å². The molecule has 1 aromatic heterocycles. The van der Waals surface area contributed by atoms with Crippen molar-refractivity contribution in [1.82, 2.24) is 4.98 Å². The molecule has 0 spiro atoms. The molecule has 0 aliphatic heterocycles. The molecule has 1 N–H and O–H groups in total. The van der Waals surface area contributed by atoms with Crippen molar-refractivity contribution in [3.8, 4) is 0 Å². The Morgan fingerprint density at radius 1 is 1.28 bits per heavy atom. The van der Waals surface area contributed by atoms with Gasteiger partial charge in [-0.05, 0) is 31.9 Å². The van der Waals surface area contributed by atoms with Crippen LogP contribution in [0.15, 0.2) is 18.3 Å². The highest BCUT2D eigenvalue weighted by molar-refractivity contribution is 5.42. The van der Waals surface area contributed by atoms with E-state index in [2.05, 4.69) is 23.3 Å². The Morgan fingerprint density at radius 2 is 2.06 bits per heavy atom. The van der Waals surface area contributed by atoms with Gasteiger partial charge in [0.2, 0.25) is 0 Å². The Labute approximate surface area is 110 Å². The summed E-state index contributed by atoms with van der Waals surface area (Å²) in [5.74, 6) is 0. The molecular formula is C15H24N2O. The topological polar surface area (TPSA) is 34.2 Å². The molecule has 0 unspecified atom stereocenters. The molecule has 1 saturated carbocycles. The fourth-order valence-corrected chi connectivity index (χ4v) is 2.48. The van der Waals surface area contributed by atoms with Gasteiger partial charge >= 0.3 is 0 Å². The predicted octanol–water partition coefficient (Wildman–Crippen LogP) is 3.75. The number of ether oxygens (including phenoxy) is 1. The maximum Gasteiger partial charge on any atom is 0.0892 e. The molecule has 0 saturated heterocycles. The van der Waals surface area contributed by atoms with E-state index < -0.39 is 0 Å². The lowest BCUT2D eigenvalue weighted by Gasteiger charge is -2.15. The van der Waals surface area contributed by atoms with Gasteiger partial charge in [-0.1, -0.05) is 25.7 Å². The summed E-state index contributed by atoms with van der Waals surface area (Å²) in [6.07, 6.45) is 10.1. The normalized spacial score (nSPS) is 17.4. The summed E-state index contributed by atoms with van der Waals surface area (Å²) in [7, 11) is 0. The Kier molecular flexibility index (Phi) is 5.46. The van der Waals surface area contributed by atoms with E-state index in [1.54, 1.807) is 0 Å². The summed E-state index contributed by atoms with van der Waals surface area (Å²) < 4.78 is 5.99. The lowest BCUT2D eigenvalue weighted by Crippen LogP contribution is -2.12. The lowest BCUT2D eigenvalue weighted by molar-refractivity contribution is 0.0292. The first-order chi connectivity index (χ1) is 8.88. The zero-order valence-corrected chi connectivity index (χ0v) is 11.3. The van der Waals surface area contributed by atoms with Crippen LogP contribution in [0.5, 0.6) is 0 Å². The van der Waals surface area contributed by atoms with E-state index in [1.165, 1.54) is 38.5 Å². The number of nitrogens with zero attached hydrogens (tertiary/aromatic N) is 1. The molecule has 0 radical (unpaired) electrons. The molecular weight excluding hydrogens is 224 g/mol. The summed E-state index contributed by atoms with van der Waals surface area (Å²) in [5.41, 5.74) is 2.16. The van der Waals surface area contributed by atoms with Crippen LogP contribution in [-0.4, -0.2) is 17.6 Å². The van der Waals surface area contributed by atoms with E-state index in [0.29, 0.717) is 12.7 Å². The highest BCUT2D eigenvalue weighted by atomic mass is 16.5. The number of aromatic nitrogens is 1. The summed E-state index contributed by atoms with van der Waals surface area (Å²) >= 11 is 0. The third kappa shape index (κ3) is 4.30. The number of nitrogens with one attached hydrogen (secondary N) is 1. The summed E-state index contributed by atoms with van der Waals surface area (Å²) in [6, 6.07) is 4.08. The molecule has 0 bridgehead atoms. The Bertz CT molecular complexity index is 346. The molecule has 100 valence electrons. The summed E-state index contributed by atoms with van der Waals surface area (Å²) in [5, 5.41) is 3.30. The van der Waals surface area contributed by atoms with Gasteiger partial charge < -0.3 is 10.1 Å². The summed E-state index contributed by atoms with van der Waals surface area (Å²) in [4.78, 5) is 4.36. The van der Waals surface area contributed by atoms with Crippen molar-refractivity contribution in [2.45, 2.75) is 58.2 Å². The second kappa shape index (κ2) is 7.37. The van der Waals surface area contributed by atoms with Gasteiger partial charge in [0, 0.05) is 18.4 Å². The Morgan fingerprint density at radius 3 is 2.78 bits per heavy atom. The van der Waals surface area contributed by atoms with E-state index in [9.17, 15) is 0 Å². The molecule has 18 heavy (non-hydrogen) atoms. The molecule has 2 rings (SSSR count). The van der Waals surface area contributed by atoms with Crippen LogP contribution in [0.3, 0.4) is 0 Å². The van der Waals surface area contributed by atoms with Gasteiger partial charge in [-0.3, -0.25) is 4.98 Å². The molecule has 0 atom stereocenters. The number of rotatable bonds is 5. The van der Waals surface area contributed by atoms with Crippen molar-refractivity contribution in [1.29, 1.82) is 0 Å². The van der Waals surface area contributed by atoms with E-state index in [1.807, 2.05) is 12.3 Å². The van der Waals surface area contributed by atoms with E-state index in [0.717, 1.165) is 17.9 Å². The Hall–Kier alpha value is -1.09. The second-order valence-corrected chi connectivity index (χ2v) is 4.99. The molecule has 1 heterocycles. The van der Waals surface area contributed by atoms with Crippen molar-refractivity contribution in [2.75, 3.05) is 11.9 Å². The van der Waals surface area contributed by atoms with Crippen LogP contribution in [0.25, 0.3) is 0 Å². The molecule has 1 fully saturated rings. The average Bonchev–Trinajstić information content (AvgIpc) is 2.66. The number of hydrogen-bond acceptors (Lipinski definition) is 3. The van der Waals surface area contributed by atoms with Crippen LogP contribution in [0.1, 0.15) is 51.1 Å². The molecule has 3 heteroatoms. The maximum absolute atomic E-state index is 5.99. The van der Waals surface area contributed by atoms with Crippen molar-refractivity contribution < 1.29 is 4.74 Å². The minimum atomic E-state index is 0.442. The van der Waals surface area contributed by atoms with Crippen molar-refractivity contribution >= 4 is 5.69 Å². The number of pyridine rings is 1. The third-order valence-corrected chi connectivity index (χ3v) is 3.47. The SMILES string of the molecule is CCNc1ccnc(COC2CCCCCC2)c1. The van der Waals surface area contributed by atoms with Crippen LogP contribution in [0, 0.1) is 0 Å². The van der Waals surface area contributed by atoms with Crippen molar-refractivity contribution in [3.05, 3.63) is 24.0 Å². The molecule has 3 nitrogen and oxygen atoms in total. The monoisotopic (exact) mass is 248 g/mol. The van der Waals surface area contributed by atoms with Crippen molar-refractivity contribution in [2.24, 2.45) is 0 Å². The predicted molar refractivity (Wildman–Crippen MR) is 74.7 cm³/mol. The van der Waals surface area contributed by atoms with Crippen LogP contribution in [-0.2, 0) is 11.3 Å². The first kappa shape index (κ1) is 13.3. The standard InChI is InChI=1S/C15H24N2O/c1-2-16-13-9-10-17-14(11-13)12-18-15-7-5-3-4-6-8-15/h9-11,15H,2-8,12H2,1H3,(H,16,17). The fraction of sp³-hybridized carbons (Fsp3) is 0.667. The molecule has 1 aliphatic rings. The molecule has 1 aliphatic carbocycles. The lowest BCUT2D eigenvalue weighted by atomic mass is 10.1. The van der Waals surface area contributed by atoms with Crippen LogP contribution in [0.2, 0.25) is 0 Å². The smallest absolute Gasteiger partial charge is 0.0892 e. The highest BCUT2D eigenvalue weighted by Crippen LogP contribution is 2.21. The van der Waals surface area contributed by atoms with E-state index in [4.69, 9.17) is 4.74 Å². The van der Waals surface area contributed by atoms with Crippen LogP contribution < -0.4 is 5.32 Å². The largest absolute Gasteiger partial charge is 0.385 e. The number of anilines is 1. The van der Waals surface area contributed by atoms with Crippen LogP contribution in [0.4, 0.5) is 5.69 Å². The van der Waals surface area contributed by atoms with Gasteiger partial charge in [-0.25, -0.2) is 0 Å². The number of hydrogen-bond donors (Lipinski definition) is 1. The highest BCUT2D eigenvalue weighted by Gasteiger charge is 2.12. The van der Waals surface area contributed by atoms with Crippen molar-refractivity contribution in [3.63, 3.8) is 0 Å². The zero-order chi connectivity index (χ0) is 12.6. The van der Waals surface area contributed by atoms with Gasteiger partial charge in [0.25, 0.3) is 0 Å². The summed E-state index contributed by atoms with van der Waals surface area (Å²) in [6.45, 7) is 3.68. The third-order valence-electron chi connectivity index (χ3n) is 3.47. The quantitative estimate of drug-likeness (QED) is 0.806. The van der Waals surface area contributed by atoms with Gasteiger partial charge in [0.15, 0.2) is 0 Å². The van der Waals surface area contributed by atoms with Gasteiger partial charge in [0.1, 0.15) is 0 Å². The second-order valence-electron chi connectivity index (χ2n) is 4.99.